The first-order chi connectivity index (χ1) is 12.7. The van der Waals surface area contributed by atoms with Crippen LogP contribution < -0.4 is 5.32 Å². The van der Waals surface area contributed by atoms with E-state index in [1.54, 1.807) is 12.4 Å². The van der Waals surface area contributed by atoms with Gasteiger partial charge in [0.1, 0.15) is 5.82 Å². The number of aromatic nitrogens is 3. The molecular weight excluding hydrogens is 326 g/mol. The summed E-state index contributed by atoms with van der Waals surface area (Å²) >= 11 is 0. The van der Waals surface area contributed by atoms with Crippen molar-refractivity contribution >= 4 is 22.6 Å². The van der Waals surface area contributed by atoms with E-state index in [4.69, 9.17) is 4.98 Å². The number of rotatable bonds is 4. The average molecular weight is 347 g/mol. The molecule has 3 heterocycles. The Morgan fingerprint density at radius 3 is 2.92 bits per heavy atom. The van der Waals surface area contributed by atoms with E-state index in [0.717, 1.165) is 35.2 Å². The number of hydrogen-bond acceptors (Lipinski definition) is 5. The third-order valence-corrected chi connectivity index (χ3v) is 4.71. The monoisotopic (exact) mass is 347 g/mol. The van der Waals surface area contributed by atoms with Gasteiger partial charge in [-0.3, -0.25) is 9.78 Å². The third kappa shape index (κ3) is 3.22. The van der Waals surface area contributed by atoms with Crippen molar-refractivity contribution in [2.24, 2.45) is 0 Å². The summed E-state index contributed by atoms with van der Waals surface area (Å²) in [5.74, 6) is 1.67. The van der Waals surface area contributed by atoms with E-state index >= 15 is 0 Å². The molecule has 1 aliphatic rings. The second-order valence-corrected chi connectivity index (χ2v) is 6.48. The first-order valence-corrected chi connectivity index (χ1v) is 8.96. The van der Waals surface area contributed by atoms with Crippen molar-refractivity contribution in [2.45, 2.75) is 25.8 Å². The Morgan fingerprint density at radius 2 is 2.12 bits per heavy atom. The van der Waals surface area contributed by atoms with Crippen molar-refractivity contribution in [3.8, 4) is 11.4 Å². The fourth-order valence-electron chi connectivity index (χ4n) is 3.33. The van der Waals surface area contributed by atoms with Crippen LogP contribution in [0.1, 0.15) is 19.8 Å². The van der Waals surface area contributed by atoms with Gasteiger partial charge in [-0.15, -0.1) is 0 Å². The topological polar surface area (TPSA) is 71.0 Å². The van der Waals surface area contributed by atoms with Gasteiger partial charge in [0.2, 0.25) is 5.91 Å². The summed E-state index contributed by atoms with van der Waals surface area (Å²) in [7, 11) is 0. The predicted molar refractivity (Wildman–Crippen MR) is 102 cm³/mol. The normalized spacial score (nSPS) is 16.8. The fraction of sp³-hybridized carbons (Fsp3) is 0.300. The van der Waals surface area contributed by atoms with Crippen LogP contribution in [-0.4, -0.2) is 44.9 Å². The van der Waals surface area contributed by atoms with E-state index in [0.29, 0.717) is 18.8 Å². The van der Waals surface area contributed by atoms with Crippen LogP contribution in [0.4, 0.5) is 5.82 Å². The highest BCUT2D eigenvalue weighted by Crippen LogP contribution is 2.26. The summed E-state index contributed by atoms with van der Waals surface area (Å²) in [5.41, 5.74) is 1.78. The molecule has 1 N–H and O–H groups in total. The Labute approximate surface area is 152 Å². The molecule has 26 heavy (non-hydrogen) atoms. The van der Waals surface area contributed by atoms with Crippen molar-refractivity contribution in [3.63, 3.8) is 0 Å². The molecule has 0 spiro atoms. The zero-order chi connectivity index (χ0) is 17.9. The fourth-order valence-corrected chi connectivity index (χ4v) is 3.33. The molecule has 4 rings (SSSR count). The molecule has 1 aromatic carbocycles. The van der Waals surface area contributed by atoms with Gasteiger partial charge in [0, 0.05) is 48.9 Å². The van der Waals surface area contributed by atoms with Crippen LogP contribution in [0.5, 0.6) is 0 Å². The van der Waals surface area contributed by atoms with Gasteiger partial charge in [0.05, 0.1) is 5.52 Å². The lowest BCUT2D eigenvalue weighted by atomic mass is 10.2. The van der Waals surface area contributed by atoms with Gasteiger partial charge >= 0.3 is 0 Å². The quantitative estimate of drug-likeness (QED) is 0.785. The minimum atomic E-state index is 0.200. The van der Waals surface area contributed by atoms with E-state index in [1.807, 2.05) is 48.2 Å². The summed E-state index contributed by atoms with van der Waals surface area (Å²) < 4.78 is 0. The number of carbonyl (C=O) groups excluding carboxylic acids is 1. The summed E-state index contributed by atoms with van der Waals surface area (Å²) in [5, 5.41) is 4.52. The molecule has 1 aliphatic heterocycles. The molecule has 0 saturated carbocycles. The Hall–Kier alpha value is -3.02. The zero-order valence-corrected chi connectivity index (χ0v) is 14.7. The highest BCUT2D eigenvalue weighted by Gasteiger charge is 2.26. The number of anilines is 1. The molecular formula is C20H21N5O. The lowest BCUT2D eigenvalue weighted by molar-refractivity contribution is -0.129. The van der Waals surface area contributed by atoms with Crippen molar-refractivity contribution in [1.29, 1.82) is 0 Å². The van der Waals surface area contributed by atoms with Gasteiger partial charge in [-0.2, -0.15) is 0 Å². The van der Waals surface area contributed by atoms with Gasteiger partial charge in [-0.25, -0.2) is 9.97 Å². The molecule has 6 heteroatoms. The maximum atomic E-state index is 11.9. The largest absolute Gasteiger partial charge is 0.365 e. The molecule has 132 valence electrons. The van der Waals surface area contributed by atoms with Crippen LogP contribution in [-0.2, 0) is 4.79 Å². The second kappa shape index (κ2) is 7.07. The summed E-state index contributed by atoms with van der Waals surface area (Å²) in [6, 6.07) is 12.0. The summed E-state index contributed by atoms with van der Waals surface area (Å²) in [6.45, 7) is 3.41. The number of carbonyl (C=O) groups is 1. The van der Waals surface area contributed by atoms with E-state index in [9.17, 15) is 4.79 Å². The van der Waals surface area contributed by atoms with Gasteiger partial charge in [0.25, 0.3) is 0 Å². The number of para-hydroxylation sites is 1. The van der Waals surface area contributed by atoms with Crippen LogP contribution in [0, 0.1) is 0 Å². The molecule has 3 aromatic rings. The Bertz CT molecular complexity index is 928. The first-order valence-electron chi connectivity index (χ1n) is 8.96. The highest BCUT2D eigenvalue weighted by atomic mass is 16.2. The Kier molecular flexibility index (Phi) is 4.48. The molecule has 0 radical (unpaired) electrons. The number of hydrogen-bond donors (Lipinski definition) is 1. The van der Waals surface area contributed by atoms with Crippen molar-refractivity contribution in [2.75, 3.05) is 18.4 Å². The average Bonchev–Trinajstić information content (AvgIpc) is 3.16. The van der Waals surface area contributed by atoms with Crippen LogP contribution >= 0.6 is 0 Å². The van der Waals surface area contributed by atoms with Crippen molar-refractivity contribution in [3.05, 3.63) is 48.8 Å². The molecule has 1 atom stereocenters. The van der Waals surface area contributed by atoms with E-state index < -0.39 is 0 Å². The van der Waals surface area contributed by atoms with Crippen molar-refractivity contribution in [1.82, 2.24) is 19.9 Å². The van der Waals surface area contributed by atoms with Crippen LogP contribution in [0.25, 0.3) is 22.3 Å². The van der Waals surface area contributed by atoms with E-state index in [2.05, 4.69) is 15.3 Å². The second-order valence-electron chi connectivity index (χ2n) is 6.48. The Balaban J connectivity index is 1.67. The maximum absolute atomic E-state index is 11.9. The SMILES string of the molecule is CCC(=O)N1CCC(Nc2nc(-c3cccnc3)nc3ccccc23)C1. The minimum absolute atomic E-state index is 0.200. The van der Waals surface area contributed by atoms with Crippen molar-refractivity contribution < 1.29 is 4.79 Å². The van der Waals surface area contributed by atoms with Crippen LogP contribution in [0.3, 0.4) is 0 Å². The molecule has 6 nitrogen and oxygen atoms in total. The number of nitrogens with one attached hydrogen (secondary N) is 1. The molecule has 1 saturated heterocycles. The molecule has 2 aromatic heterocycles. The number of likely N-dealkylation sites (tertiary alicyclic amines) is 1. The summed E-state index contributed by atoms with van der Waals surface area (Å²) in [6.07, 6.45) is 4.98. The maximum Gasteiger partial charge on any atom is 0.222 e. The molecule has 0 aliphatic carbocycles. The predicted octanol–water partition coefficient (Wildman–Crippen LogP) is 3.11. The number of benzene rings is 1. The van der Waals surface area contributed by atoms with Crippen LogP contribution in [0.2, 0.25) is 0 Å². The summed E-state index contributed by atoms with van der Waals surface area (Å²) in [4.78, 5) is 27.5. The lowest BCUT2D eigenvalue weighted by Gasteiger charge is -2.18. The number of pyridine rings is 1. The third-order valence-electron chi connectivity index (χ3n) is 4.71. The van der Waals surface area contributed by atoms with E-state index in [1.165, 1.54) is 0 Å². The molecule has 1 unspecified atom stereocenters. The van der Waals surface area contributed by atoms with E-state index in [-0.39, 0.29) is 11.9 Å². The van der Waals surface area contributed by atoms with Gasteiger partial charge in [-0.05, 0) is 30.7 Å². The zero-order valence-electron chi connectivity index (χ0n) is 14.7. The number of nitrogens with zero attached hydrogens (tertiary/aromatic N) is 4. The van der Waals surface area contributed by atoms with Crippen LogP contribution in [0.15, 0.2) is 48.8 Å². The van der Waals surface area contributed by atoms with Gasteiger partial charge in [0.15, 0.2) is 5.82 Å². The number of fused-ring (bicyclic) bond motifs is 1. The first kappa shape index (κ1) is 16.4. The molecule has 0 bridgehead atoms. The van der Waals surface area contributed by atoms with Gasteiger partial charge < -0.3 is 10.2 Å². The molecule has 1 amide bonds. The number of amides is 1. The minimum Gasteiger partial charge on any atom is -0.365 e. The smallest absolute Gasteiger partial charge is 0.222 e. The Morgan fingerprint density at radius 1 is 1.23 bits per heavy atom. The standard InChI is InChI=1S/C20H21N5O/c1-2-18(26)25-11-9-15(13-25)22-20-16-7-3-4-8-17(16)23-19(24-20)14-6-5-10-21-12-14/h3-8,10,12,15H,2,9,11,13H2,1H3,(H,22,23,24). The van der Waals surface area contributed by atoms with Gasteiger partial charge in [-0.1, -0.05) is 19.1 Å². The lowest BCUT2D eigenvalue weighted by Crippen LogP contribution is -2.31. The highest BCUT2D eigenvalue weighted by molar-refractivity contribution is 5.90. The molecule has 1 fully saturated rings.